The first kappa shape index (κ1) is 19.7. The van der Waals surface area contributed by atoms with Crippen molar-refractivity contribution in [3.63, 3.8) is 0 Å². The fraction of sp³-hybridized carbons (Fsp3) is 0.364. The van der Waals surface area contributed by atoms with Crippen molar-refractivity contribution in [1.82, 2.24) is 5.32 Å². The van der Waals surface area contributed by atoms with Gasteiger partial charge in [-0.2, -0.15) is 0 Å². The first-order valence-corrected chi connectivity index (χ1v) is 8.99. The van der Waals surface area contributed by atoms with Crippen molar-refractivity contribution in [2.45, 2.75) is 52.7 Å². The number of benzene rings is 2. The number of amides is 1. The van der Waals surface area contributed by atoms with Gasteiger partial charge in [0.05, 0.1) is 5.56 Å². The van der Waals surface area contributed by atoms with Crippen molar-refractivity contribution >= 4 is 11.9 Å². The molecule has 2 aromatic carbocycles. The molecule has 138 valence electrons. The highest BCUT2D eigenvalue weighted by Crippen LogP contribution is 2.12. The van der Waals surface area contributed by atoms with Gasteiger partial charge in [-0.05, 0) is 69.4 Å². The maximum Gasteiger partial charge on any atom is 0.338 e. The van der Waals surface area contributed by atoms with Gasteiger partial charge in [0, 0.05) is 6.04 Å². The van der Waals surface area contributed by atoms with Crippen LogP contribution in [0.15, 0.2) is 48.5 Å². The fourth-order valence-corrected chi connectivity index (χ4v) is 2.61. The second-order valence-electron chi connectivity index (χ2n) is 6.78. The number of hydrogen-bond acceptors (Lipinski definition) is 3. The smallest absolute Gasteiger partial charge is 0.338 e. The molecule has 0 aliphatic heterocycles. The van der Waals surface area contributed by atoms with E-state index in [4.69, 9.17) is 4.74 Å². The van der Waals surface area contributed by atoms with Crippen LogP contribution in [0.3, 0.4) is 0 Å². The molecule has 4 heteroatoms. The second kappa shape index (κ2) is 9.18. The van der Waals surface area contributed by atoms with Crippen molar-refractivity contribution in [3.8, 4) is 0 Å². The maximum atomic E-state index is 12.3. The third-order valence-corrected chi connectivity index (χ3v) is 4.49. The summed E-state index contributed by atoms with van der Waals surface area (Å²) in [6.07, 6.45) is 0.885. The minimum absolute atomic E-state index is 0.00507. The van der Waals surface area contributed by atoms with Gasteiger partial charge in [0.15, 0.2) is 6.10 Å². The van der Waals surface area contributed by atoms with E-state index in [0.717, 1.165) is 24.0 Å². The van der Waals surface area contributed by atoms with Crippen LogP contribution in [0.2, 0.25) is 0 Å². The molecule has 0 fully saturated rings. The molecule has 0 aliphatic carbocycles. The van der Waals surface area contributed by atoms with E-state index in [0.29, 0.717) is 5.56 Å². The summed E-state index contributed by atoms with van der Waals surface area (Å²) in [4.78, 5) is 24.5. The quantitative estimate of drug-likeness (QED) is 0.766. The van der Waals surface area contributed by atoms with Gasteiger partial charge in [0.25, 0.3) is 5.91 Å². The summed E-state index contributed by atoms with van der Waals surface area (Å²) in [5.74, 6) is -0.754. The van der Waals surface area contributed by atoms with Crippen molar-refractivity contribution in [2.75, 3.05) is 0 Å². The van der Waals surface area contributed by atoms with Gasteiger partial charge in [-0.1, -0.05) is 36.4 Å². The van der Waals surface area contributed by atoms with Gasteiger partial charge in [-0.3, -0.25) is 4.79 Å². The summed E-state index contributed by atoms with van der Waals surface area (Å²) in [6, 6.07) is 15.5. The van der Waals surface area contributed by atoms with E-state index in [1.54, 1.807) is 19.1 Å². The molecule has 2 aromatic rings. The molecule has 0 aliphatic rings. The van der Waals surface area contributed by atoms with E-state index < -0.39 is 12.1 Å². The summed E-state index contributed by atoms with van der Waals surface area (Å²) >= 11 is 0. The van der Waals surface area contributed by atoms with Crippen molar-refractivity contribution in [1.29, 1.82) is 0 Å². The normalized spacial score (nSPS) is 12.9. The number of rotatable bonds is 7. The molecule has 0 radical (unpaired) electrons. The molecule has 0 saturated carbocycles. The lowest BCUT2D eigenvalue weighted by atomic mass is 10.1. The molecule has 0 unspecified atom stereocenters. The summed E-state index contributed by atoms with van der Waals surface area (Å²) in [5, 5.41) is 2.91. The third kappa shape index (κ3) is 5.73. The first-order chi connectivity index (χ1) is 12.4. The number of hydrogen-bond donors (Lipinski definition) is 1. The summed E-state index contributed by atoms with van der Waals surface area (Å²) in [5.41, 5.74) is 3.83. The minimum Gasteiger partial charge on any atom is -0.449 e. The van der Waals surface area contributed by atoms with E-state index >= 15 is 0 Å². The SMILES string of the molecule is Cc1ccc(C(=O)O[C@@H](C)C(=O)N[C@@H](C)CCc2ccccc2)cc1C. The van der Waals surface area contributed by atoms with Crippen LogP contribution in [0.5, 0.6) is 0 Å². The first-order valence-electron chi connectivity index (χ1n) is 8.99. The van der Waals surface area contributed by atoms with Crippen LogP contribution in [0.1, 0.15) is 47.3 Å². The zero-order valence-corrected chi connectivity index (χ0v) is 15.9. The van der Waals surface area contributed by atoms with E-state index in [1.165, 1.54) is 5.56 Å². The largest absolute Gasteiger partial charge is 0.449 e. The van der Waals surface area contributed by atoms with Crippen molar-refractivity contribution in [3.05, 3.63) is 70.8 Å². The highest BCUT2D eigenvalue weighted by atomic mass is 16.5. The Morgan fingerprint density at radius 2 is 1.69 bits per heavy atom. The molecule has 2 atom stereocenters. The van der Waals surface area contributed by atoms with Gasteiger partial charge in [-0.25, -0.2) is 4.79 Å². The maximum absolute atomic E-state index is 12.3. The standard InChI is InChI=1S/C22H27NO3/c1-15-10-13-20(14-16(15)2)22(25)26-18(4)21(24)23-17(3)11-12-19-8-6-5-7-9-19/h5-10,13-14,17-18H,11-12H2,1-4H3,(H,23,24)/t17-,18-/m0/s1. The van der Waals surface area contributed by atoms with Gasteiger partial charge in [-0.15, -0.1) is 0 Å². The highest BCUT2D eigenvalue weighted by molar-refractivity contribution is 5.92. The Labute approximate surface area is 155 Å². The van der Waals surface area contributed by atoms with E-state index in [9.17, 15) is 9.59 Å². The zero-order chi connectivity index (χ0) is 19.1. The molecule has 1 amide bonds. The van der Waals surface area contributed by atoms with E-state index in [1.807, 2.05) is 45.0 Å². The molecule has 0 bridgehead atoms. The molecule has 0 saturated heterocycles. The topological polar surface area (TPSA) is 55.4 Å². The number of nitrogens with one attached hydrogen (secondary N) is 1. The lowest BCUT2D eigenvalue weighted by Crippen LogP contribution is -2.41. The Bertz CT molecular complexity index is 755. The van der Waals surface area contributed by atoms with E-state index in [2.05, 4.69) is 17.4 Å². The summed E-state index contributed by atoms with van der Waals surface area (Å²) in [7, 11) is 0. The van der Waals surface area contributed by atoms with Crippen molar-refractivity contribution in [2.24, 2.45) is 0 Å². The molecular weight excluding hydrogens is 326 g/mol. The molecule has 0 spiro atoms. The Morgan fingerprint density at radius 1 is 1.00 bits per heavy atom. The van der Waals surface area contributed by atoms with Gasteiger partial charge < -0.3 is 10.1 Å². The van der Waals surface area contributed by atoms with E-state index in [-0.39, 0.29) is 11.9 Å². The highest BCUT2D eigenvalue weighted by Gasteiger charge is 2.20. The van der Waals surface area contributed by atoms with Crippen LogP contribution < -0.4 is 5.32 Å². The molecular formula is C22H27NO3. The Hall–Kier alpha value is -2.62. The number of carbonyl (C=O) groups is 2. The average molecular weight is 353 g/mol. The molecule has 4 nitrogen and oxygen atoms in total. The van der Waals surface area contributed by atoms with Crippen LogP contribution >= 0.6 is 0 Å². The Morgan fingerprint density at radius 3 is 2.35 bits per heavy atom. The molecule has 2 rings (SSSR count). The van der Waals surface area contributed by atoms with Crippen LogP contribution in [0.25, 0.3) is 0 Å². The number of carbonyl (C=O) groups excluding carboxylic acids is 2. The average Bonchev–Trinajstić information content (AvgIpc) is 2.63. The van der Waals surface area contributed by atoms with Crippen molar-refractivity contribution < 1.29 is 14.3 Å². The minimum atomic E-state index is -0.830. The number of ether oxygens (including phenoxy) is 1. The molecule has 0 heterocycles. The zero-order valence-electron chi connectivity index (χ0n) is 15.9. The van der Waals surface area contributed by atoms with Gasteiger partial charge >= 0.3 is 5.97 Å². The Kier molecular flexibility index (Phi) is 6.96. The lowest BCUT2D eigenvalue weighted by molar-refractivity contribution is -0.129. The third-order valence-electron chi connectivity index (χ3n) is 4.49. The van der Waals surface area contributed by atoms with Crippen LogP contribution in [0.4, 0.5) is 0 Å². The number of esters is 1. The lowest BCUT2D eigenvalue weighted by Gasteiger charge is -2.18. The fourth-order valence-electron chi connectivity index (χ4n) is 2.61. The van der Waals surface area contributed by atoms with Crippen LogP contribution in [-0.4, -0.2) is 24.0 Å². The second-order valence-corrected chi connectivity index (χ2v) is 6.78. The molecule has 26 heavy (non-hydrogen) atoms. The molecule has 0 aromatic heterocycles. The predicted octanol–water partition coefficient (Wildman–Crippen LogP) is 3.99. The monoisotopic (exact) mass is 353 g/mol. The van der Waals surface area contributed by atoms with Crippen LogP contribution in [-0.2, 0) is 16.0 Å². The molecule has 1 N–H and O–H groups in total. The summed E-state index contributed by atoms with van der Waals surface area (Å²) in [6.45, 7) is 7.48. The number of aryl methyl sites for hydroxylation is 3. The predicted molar refractivity (Wildman–Crippen MR) is 103 cm³/mol. The van der Waals surface area contributed by atoms with Gasteiger partial charge in [0.2, 0.25) is 0 Å². The van der Waals surface area contributed by atoms with Gasteiger partial charge in [0.1, 0.15) is 0 Å². The summed E-state index contributed by atoms with van der Waals surface area (Å²) < 4.78 is 5.31. The Balaban J connectivity index is 1.82. The van der Waals surface area contributed by atoms with Crippen LogP contribution in [0, 0.1) is 13.8 Å².